The van der Waals surface area contributed by atoms with Crippen molar-refractivity contribution in [1.82, 2.24) is 9.88 Å². The van der Waals surface area contributed by atoms with E-state index < -0.39 is 12.0 Å². The normalized spacial score (nSPS) is 13.9. The minimum Gasteiger partial charge on any atom is -0.465 e. The van der Waals surface area contributed by atoms with Gasteiger partial charge in [0.05, 0.1) is 12.8 Å². The number of rotatable bonds is 4. The number of nitrogens with zero attached hydrogens (tertiary/aromatic N) is 1. The number of amides is 2. The van der Waals surface area contributed by atoms with Crippen LogP contribution in [0.15, 0.2) is 29.6 Å². The van der Waals surface area contributed by atoms with E-state index in [1.54, 1.807) is 11.4 Å². The van der Waals surface area contributed by atoms with Crippen LogP contribution >= 0.6 is 11.3 Å². The van der Waals surface area contributed by atoms with Crippen molar-refractivity contribution < 1.29 is 14.3 Å². The monoisotopic (exact) mass is 398 g/mol. The van der Waals surface area contributed by atoms with Gasteiger partial charge in [0.2, 0.25) is 0 Å². The van der Waals surface area contributed by atoms with Gasteiger partial charge in [0, 0.05) is 41.8 Å². The largest absolute Gasteiger partial charge is 0.465 e. The Kier molecular flexibility index (Phi) is 5.06. The molecule has 3 N–H and O–H groups in total. The first-order chi connectivity index (χ1) is 13.6. The Hall–Kier alpha value is -2.84. The van der Waals surface area contributed by atoms with Crippen LogP contribution in [-0.4, -0.2) is 42.1 Å². The number of methoxy groups -OCH3 is 1. The topological polar surface area (TPSA) is 86.5 Å². The molecule has 3 aromatic rings. The van der Waals surface area contributed by atoms with Crippen LogP contribution in [0.2, 0.25) is 0 Å². The predicted octanol–water partition coefficient (Wildman–Crippen LogP) is 4.04. The molecular formula is C20H22N4O3S. The molecule has 0 saturated heterocycles. The van der Waals surface area contributed by atoms with Crippen molar-refractivity contribution in [2.24, 2.45) is 0 Å². The Morgan fingerprint density at radius 1 is 1.29 bits per heavy atom. The molecule has 0 saturated carbocycles. The van der Waals surface area contributed by atoms with Crippen molar-refractivity contribution in [1.29, 1.82) is 0 Å². The molecule has 7 nitrogen and oxygen atoms in total. The van der Waals surface area contributed by atoms with Crippen LogP contribution in [0, 0.1) is 0 Å². The van der Waals surface area contributed by atoms with E-state index in [9.17, 15) is 9.59 Å². The number of carbonyl (C=O) groups excluding carboxylic acids is 2. The van der Waals surface area contributed by atoms with Gasteiger partial charge in [-0.3, -0.25) is 4.90 Å². The lowest BCUT2D eigenvalue weighted by molar-refractivity contribution is 0.0607. The molecule has 4 rings (SSSR count). The first-order valence-electron chi connectivity index (χ1n) is 9.18. The summed E-state index contributed by atoms with van der Waals surface area (Å²) in [6, 6.07) is 7.14. The van der Waals surface area contributed by atoms with Crippen molar-refractivity contribution >= 4 is 45.6 Å². The Balaban J connectivity index is 1.53. The minimum atomic E-state index is -0.467. The minimum absolute atomic E-state index is 0.368. The summed E-state index contributed by atoms with van der Waals surface area (Å²) in [6.45, 7) is 5.17. The van der Waals surface area contributed by atoms with Crippen LogP contribution in [0.4, 0.5) is 16.2 Å². The highest BCUT2D eigenvalue weighted by molar-refractivity contribution is 7.12. The number of carbonyl (C=O) groups is 2. The number of anilines is 2. The molecule has 0 spiro atoms. The number of H-pyrrole nitrogens is 1. The third kappa shape index (κ3) is 3.48. The molecule has 2 aromatic heterocycles. The first kappa shape index (κ1) is 18.5. The number of hydrogen-bond donors (Lipinski definition) is 3. The summed E-state index contributed by atoms with van der Waals surface area (Å²) in [4.78, 5) is 30.4. The fourth-order valence-electron chi connectivity index (χ4n) is 3.56. The zero-order valence-corrected chi connectivity index (χ0v) is 16.6. The number of ether oxygens (including phenoxy) is 1. The van der Waals surface area contributed by atoms with Crippen LogP contribution in [0.25, 0.3) is 10.9 Å². The van der Waals surface area contributed by atoms with Crippen LogP contribution < -0.4 is 10.6 Å². The molecular weight excluding hydrogens is 376 g/mol. The summed E-state index contributed by atoms with van der Waals surface area (Å²) < 4.78 is 4.74. The van der Waals surface area contributed by atoms with Crippen molar-refractivity contribution in [2.45, 2.75) is 19.9 Å². The molecule has 1 aliphatic rings. The Morgan fingerprint density at radius 2 is 2.14 bits per heavy atom. The summed E-state index contributed by atoms with van der Waals surface area (Å²) in [7, 11) is 1.32. The number of thiophene rings is 1. The van der Waals surface area contributed by atoms with Gasteiger partial charge in [-0.2, -0.15) is 0 Å². The van der Waals surface area contributed by atoms with Gasteiger partial charge in [-0.05, 0) is 41.8 Å². The smallest absolute Gasteiger partial charge is 0.350 e. The van der Waals surface area contributed by atoms with E-state index >= 15 is 0 Å². The molecule has 0 bridgehead atoms. The highest BCUT2D eigenvalue weighted by Crippen LogP contribution is 2.30. The molecule has 0 fully saturated rings. The molecule has 1 aliphatic heterocycles. The lowest BCUT2D eigenvalue weighted by Gasteiger charge is -2.25. The number of benzene rings is 1. The number of aromatic nitrogens is 1. The van der Waals surface area contributed by atoms with E-state index in [1.165, 1.54) is 29.7 Å². The van der Waals surface area contributed by atoms with Crippen LogP contribution in [0.3, 0.4) is 0 Å². The third-order valence-electron chi connectivity index (χ3n) is 5.04. The number of aromatic amines is 1. The summed E-state index contributed by atoms with van der Waals surface area (Å²) in [5.41, 5.74) is 4.81. The number of hydrogen-bond acceptors (Lipinski definition) is 5. The Bertz CT molecular complexity index is 1040. The molecule has 0 atom stereocenters. The van der Waals surface area contributed by atoms with Gasteiger partial charge in [-0.1, -0.05) is 6.92 Å². The number of esters is 1. The summed E-state index contributed by atoms with van der Waals surface area (Å²) in [5.74, 6) is -0.467. The van der Waals surface area contributed by atoms with Crippen LogP contribution in [0.1, 0.15) is 27.9 Å². The van der Waals surface area contributed by atoms with Crippen molar-refractivity contribution in [2.75, 3.05) is 30.8 Å². The fourth-order valence-corrected chi connectivity index (χ4v) is 4.33. The quantitative estimate of drug-likeness (QED) is 0.579. The van der Waals surface area contributed by atoms with E-state index in [1.807, 2.05) is 18.2 Å². The highest BCUT2D eigenvalue weighted by Gasteiger charge is 2.20. The molecule has 8 heteroatoms. The van der Waals surface area contributed by atoms with Crippen molar-refractivity contribution in [3.63, 3.8) is 0 Å². The van der Waals surface area contributed by atoms with Gasteiger partial charge < -0.3 is 20.4 Å². The van der Waals surface area contributed by atoms with Crippen molar-refractivity contribution in [3.05, 3.63) is 45.8 Å². The Morgan fingerprint density at radius 3 is 2.93 bits per heavy atom. The number of fused-ring (bicyclic) bond motifs is 3. The Labute approximate surface area is 166 Å². The molecule has 0 radical (unpaired) electrons. The van der Waals surface area contributed by atoms with Crippen LogP contribution in [0.5, 0.6) is 0 Å². The first-order valence-corrected chi connectivity index (χ1v) is 10.1. The maximum Gasteiger partial charge on any atom is 0.350 e. The predicted molar refractivity (Wildman–Crippen MR) is 111 cm³/mol. The highest BCUT2D eigenvalue weighted by atomic mass is 32.1. The second-order valence-electron chi connectivity index (χ2n) is 6.70. The van der Waals surface area contributed by atoms with Gasteiger partial charge in [0.1, 0.15) is 4.88 Å². The lowest BCUT2D eigenvalue weighted by Crippen LogP contribution is -2.29. The SMILES string of the molecule is CCN1CCc2[nH]c3ccc(NC(=O)Nc4ccsc4C(=O)OC)cc3c2C1. The van der Waals surface area contributed by atoms with Gasteiger partial charge in [0.15, 0.2) is 0 Å². The van der Waals surface area contributed by atoms with Gasteiger partial charge in [0.25, 0.3) is 0 Å². The third-order valence-corrected chi connectivity index (χ3v) is 5.94. The standard InChI is InChI=1S/C20H22N4O3S/c1-3-24-8-6-16-14(11-24)13-10-12(4-5-15(13)22-16)21-20(26)23-17-7-9-28-18(17)19(25)27-2/h4-5,7,9-10,22H,3,6,8,11H2,1-2H3,(H2,21,23,26). The fraction of sp³-hybridized carbons (Fsp3) is 0.300. The average Bonchev–Trinajstić information content (AvgIpc) is 3.30. The zero-order valence-electron chi connectivity index (χ0n) is 15.8. The second kappa shape index (κ2) is 7.65. The summed E-state index contributed by atoms with van der Waals surface area (Å²) in [6.07, 6.45) is 1.01. The number of nitrogens with one attached hydrogen (secondary N) is 3. The molecule has 3 heterocycles. The number of likely N-dealkylation sites (N-methyl/N-ethyl adjacent to an activating group) is 1. The van der Waals surface area contributed by atoms with E-state index in [-0.39, 0.29) is 0 Å². The lowest BCUT2D eigenvalue weighted by atomic mass is 10.0. The molecule has 0 aliphatic carbocycles. The average molecular weight is 398 g/mol. The van der Waals surface area contributed by atoms with E-state index in [0.29, 0.717) is 16.3 Å². The molecule has 28 heavy (non-hydrogen) atoms. The van der Waals surface area contributed by atoms with Gasteiger partial charge >= 0.3 is 12.0 Å². The summed E-state index contributed by atoms with van der Waals surface area (Å²) in [5, 5.41) is 8.44. The zero-order chi connectivity index (χ0) is 19.7. The summed E-state index contributed by atoms with van der Waals surface area (Å²) >= 11 is 1.23. The van der Waals surface area contributed by atoms with E-state index in [4.69, 9.17) is 4.74 Å². The molecule has 2 amide bonds. The number of urea groups is 1. The molecule has 1 aromatic carbocycles. The second-order valence-corrected chi connectivity index (χ2v) is 7.61. The van der Waals surface area contributed by atoms with Gasteiger partial charge in [-0.15, -0.1) is 11.3 Å². The maximum absolute atomic E-state index is 12.4. The molecule has 146 valence electrons. The van der Waals surface area contributed by atoms with E-state index in [2.05, 4.69) is 27.4 Å². The molecule has 0 unspecified atom stereocenters. The van der Waals surface area contributed by atoms with Crippen LogP contribution in [-0.2, 0) is 17.7 Å². The van der Waals surface area contributed by atoms with E-state index in [0.717, 1.165) is 37.0 Å². The van der Waals surface area contributed by atoms with Crippen molar-refractivity contribution in [3.8, 4) is 0 Å². The maximum atomic E-state index is 12.4. The van der Waals surface area contributed by atoms with Gasteiger partial charge in [-0.25, -0.2) is 9.59 Å².